The van der Waals surface area contributed by atoms with Crippen LogP contribution in [0.1, 0.15) is 24.8 Å². The van der Waals surface area contributed by atoms with Crippen molar-refractivity contribution in [3.05, 3.63) is 81.6 Å². The Bertz CT molecular complexity index is 1360. The zero-order chi connectivity index (χ0) is 22.3. The first-order chi connectivity index (χ1) is 15.7. The molecule has 0 aliphatic rings. The van der Waals surface area contributed by atoms with E-state index >= 15 is 0 Å². The van der Waals surface area contributed by atoms with Crippen LogP contribution in [0.25, 0.3) is 27.8 Å². The third-order valence-electron chi connectivity index (χ3n) is 4.76. The van der Waals surface area contributed by atoms with Crippen molar-refractivity contribution >= 4 is 33.6 Å². The zero-order valence-electron chi connectivity index (χ0n) is 17.5. The van der Waals surface area contributed by atoms with E-state index in [1.54, 1.807) is 23.7 Å². The average molecular weight is 444 g/mol. The largest absolute Gasteiger partial charge is 0.494 e. The monoisotopic (exact) mass is 443 g/mol. The van der Waals surface area contributed by atoms with Crippen LogP contribution in [0.5, 0.6) is 5.75 Å². The molecule has 0 fully saturated rings. The van der Waals surface area contributed by atoms with Crippen LogP contribution in [0.2, 0.25) is 0 Å². The molecule has 6 nitrogen and oxygen atoms in total. The molecule has 0 spiro atoms. The van der Waals surface area contributed by atoms with Gasteiger partial charge in [-0.3, -0.25) is 0 Å². The van der Waals surface area contributed by atoms with E-state index < -0.39 is 5.63 Å². The van der Waals surface area contributed by atoms with E-state index in [1.165, 1.54) is 11.3 Å². The standard InChI is InChI=1S/C25H21N3O3S/c1-2-3-11-30-20-9-6-8-19(13-20)27-15-18(14-26)24-28-22(16-32-24)21-12-17-7-4-5-10-23(17)31-25(21)29/h4-10,12-13,15-16,27H,2-3,11H2,1H3. The maximum atomic E-state index is 12.4. The first-order valence-corrected chi connectivity index (χ1v) is 11.1. The van der Waals surface area contributed by atoms with E-state index in [2.05, 4.69) is 23.3 Å². The molecule has 0 unspecified atom stereocenters. The molecule has 0 aliphatic carbocycles. The summed E-state index contributed by atoms with van der Waals surface area (Å²) >= 11 is 1.30. The number of rotatable bonds is 8. The summed E-state index contributed by atoms with van der Waals surface area (Å²) in [6, 6.07) is 18.8. The lowest BCUT2D eigenvalue weighted by molar-refractivity contribution is 0.309. The fourth-order valence-corrected chi connectivity index (χ4v) is 3.85. The van der Waals surface area contributed by atoms with Gasteiger partial charge in [-0.15, -0.1) is 11.3 Å². The number of fused-ring (bicyclic) bond motifs is 1. The van der Waals surface area contributed by atoms with E-state index in [0.717, 1.165) is 29.7 Å². The van der Waals surface area contributed by atoms with Crippen molar-refractivity contribution in [2.75, 3.05) is 11.9 Å². The minimum atomic E-state index is -0.457. The molecule has 2 aromatic heterocycles. The van der Waals surface area contributed by atoms with Gasteiger partial charge in [-0.1, -0.05) is 37.6 Å². The van der Waals surface area contributed by atoms with Crippen LogP contribution >= 0.6 is 11.3 Å². The smallest absolute Gasteiger partial charge is 0.345 e. The molecule has 32 heavy (non-hydrogen) atoms. The Morgan fingerprint density at radius 2 is 2.12 bits per heavy atom. The van der Waals surface area contributed by atoms with Gasteiger partial charge in [0.1, 0.15) is 28.0 Å². The summed E-state index contributed by atoms with van der Waals surface area (Å²) in [6.07, 6.45) is 3.68. The van der Waals surface area contributed by atoms with Crippen molar-refractivity contribution in [3.63, 3.8) is 0 Å². The molecular formula is C25H21N3O3S. The number of nitrogens with zero attached hydrogens (tertiary/aromatic N) is 2. The van der Waals surface area contributed by atoms with Crippen LogP contribution in [0.15, 0.2) is 75.4 Å². The number of nitrogens with one attached hydrogen (secondary N) is 1. The molecule has 0 aliphatic heterocycles. The molecule has 0 radical (unpaired) electrons. The summed E-state index contributed by atoms with van der Waals surface area (Å²) < 4.78 is 11.1. The molecule has 7 heteroatoms. The highest BCUT2D eigenvalue weighted by atomic mass is 32.1. The van der Waals surface area contributed by atoms with Crippen molar-refractivity contribution in [1.82, 2.24) is 4.98 Å². The van der Waals surface area contributed by atoms with Crippen LogP contribution in [-0.2, 0) is 0 Å². The number of hydrogen-bond donors (Lipinski definition) is 1. The molecule has 160 valence electrons. The first kappa shape index (κ1) is 21.3. The van der Waals surface area contributed by atoms with Crippen LogP contribution in [0, 0.1) is 11.3 Å². The number of allylic oxidation sites excluding steroid dienone is 1. The molecular weight excluding hydrogens is 422 g/mol. The predicted octanol–water partition coefficient (Wildman–Crippen LogP) is 6.07. The van der Waals surface area contributed by atoms with Gasteiger partial charge in [0.25, 0.3) is 0 Å². The van der Waals surface area contributed by atoms with Crippen LogP contribution in [0.4, 0.5) is 5.69 Å². The van der Waals surface area contributed by atoms with Gasteiger partial charge >= 0.3 is 5.63 Å². The fraction of sp³-hybridized carbons (Fsp3) is 0.160. The maximum absolute atomic E-state index is 12.4. The van der Waals surface area contributed by atoms with Crippen molar-refractivity contribution in [2.45, 2.75) is 19.8 Å². The molecule has 2 aromatic carbocycles. The molecule has 4 aromatic rings. The molecule has 0 saturated heterocycles. The fourth-order valence-electron chi connectivity index (χ4n) is 3.07. The molecule has 0 atom stereocenters. The lowest BCUT2D eigenvalue weighted by Gasteiger charge is -2.07. The first-order valence-electron chi connectivity index (χ1n) is 10.3. The van der Waals surface area contributed by atoms with Crippen molar-refractivity contribution in [3.8, 4) is 23.1 Å². The average Bonchev–Trinajstić information content (AvgIpc) is 3.29. The lowest BCUT2D eigenvalue weighted by Crippen LogP contribution is -2.02. The summed E-state index contributed by atoms with van der Waals surface area (Å²) in [7, 11) is 0. The molecule has 0 bridgehead atoms. The van der Waals surface area contributed by atoms with E-state index in [0.29, 0.717) is 34.0 Å². The highest BCUT2D eigenvalue weighted by molar-refractivity contribution is 7.11. The summed E-state index contributed by atoms with van der Waals surface area (Å²) in [6.45, 7) is 2.79. The Kier molecular flexibility index (Phi) is 6.63. The second-order valence-corrected chi connectivity index (χ2v) is 7.93. The van der Waals surface area contributed by atoms with E-state index in [-0.39, 0.29) is 0 Å². The minimum Gasteiger partial charge on any atom is -0.494 e. The van der Waals surface area contributed by atoms with Crippen molar-refractivity contribution in [2.24, 2.45) is 0 Å². The van der Waals surface area contributed by atoms with Gasteiger partial charge in [0.15, 0.2) is 0 Å². The number of para-hydroxylation sites is 1. The summed E-state index contributed by atoms with van der Waals surface area (Å²) in [5, 5.41) is 15.8. The Morgan fingerprint density at radius 3 is 2.97 bits per heavy atom. The summed E-state index contributed by atoms with van der Waals surface area (Å²) in [4.78, 5) is 16.9. The second-order valence-electron chi connectivity index (χ2n) is 7.07. The number of anilines is 1. The van der Waals surface area contributed by atoms with Gasteiger partial charge in [-0.05, 0) is 30.7 Å². The Balaban J connectivity index is 1.55. The van der Waals surface area contributed by atoms with Gasteiger partial charge in [0.2, 0.25) is 0 Å². The second kappa shape index (κ2) is 9.94. The van der Waals surface area contributed by atoms with Crippen LogP contribution in [0.3, 0.4) is 0 Å². The number of thiazole rings is 1. The predicted molar refractivity (Wildman–Crippen MR) is 128 cm³/mol. The maximum Gasteiger partial charge on any atom is 0.345 e. The highest BCUT2D eigenvalue weighted by Gasteiger charge is 2.13. The van der Waals surface area contributed by atoms with E-state index in [1.807, 2.05) is 42.5 Å². The SMILES string of the molecule is CCCCOc1cccc(NC=C(C#N)c2nc(-c3cc4ccccc4oc3=O)cs2)c1. The number of ether oxygens (including phenoxy) is 1. The van der Waals surface area contributed by atoms with Gasteiger partial charge in [0.05, 0.1) is 17.9 Å². The summed E-state index contributed by atoms with van der Waals surface area (Å²) in [5.74, 6) is 0.773. The molecule has 2 heterocycles. The third kappa shape index (κ3) is 4.88. The molecule has 4 rings (SSSR count). The minimum absolute atomic E-state index is 0.365. The Labute approximate surface area is 189 Å². The topological polar surface area (TPSA) is 88.2 Å². The third-order valence-corrected chi connectivity index (χ3v) is 5.63. The number of benzene rings is 2. The van der Waals surface area contributed by atoms with Crippen LogP contribution < -0.4 is 15.7 Å². The van der Waals surface area contributed by atoms with E-state index in [4.69, 9.17) is 9.15 Å². The molecule has 0 amide bonds. The normalized spacial score (nSPS) is 11.3. The highest BCUT2D eigenvalue weighted by Crippen LogP contribution is 2.27. The van der Waals surface area contributed by atoms with Gasteiger partial charge in [-0.25, -0.2) is 9.78 Å². The lowest BCUT2D eigenvalue weighted by atomic mass is 10.1. The molecule has 1 N–H and O–H groups in total. The Hall–Kier alpha value is -3.89. The number of hydrogen-bond acceptors (Lipinski definition) is 7. The van der Waals surface area contributed by atoms with Gasteiger partial charge in [0, 0.05) is 28.7 Å². The number of aromatic nitrogens is 1. The van der Waals surface area contributed by atoms with Crippen molar-refractivity contribution < 1.29 is 9.15 Å². The summed E-state index contributed by atoms with van der Waals surface area (Å²) in [5.41, 5.74) is 2.09. The number of nitriles is 1. The molecule has 0 saturated carbocycles. The van der Waals surface area contributed by atoms with Gasteiger partial charge in [-0.2, -0.15) is 5.26 Å². The number of unbranched alkanes of at least 4 members (excludes halogenated alkanes) is 1. The van der Waals surface area contributed by atoms with Crippen LogP contribution in [-0.4, -0.2) is 11.6 Å². The Morgan fingerprint density at radius 1 is 1.25 bits per heavy atom. The quantitative estimate of drug-likeness (QED) is 0.202. The van der Waals surface area contributed by atoms with Crippen molar-refractivity contribution in [1.29, 1.82) is 5.26 Å². The zero-order valence-corrected chi connectivity index (χ0v) is 18.3. The van der Waals surface area contributed by atoms with Gasteiger partial charge < -0.3 is 14.5 Å². The van der Waals surface area contributed by atoms with E-state index in [9.17, 15) is 10.1 Å².